The maximum atomic E-state index is 11.9. The smallest absolute Gasteiger partial charge is 0.408 e. The minimum atomic E-state index is -1.48. The molecule has 0 spiro atoms. The van der Waals surface area contributed by atoms with Crippen LogP contribution in [0.1, 0.15) is 33.3 Å². The third-order valence-corrected chi connectivity index (χ3v) is 2.94. The van der Waals surface area contributed by atoms with E-state index >= 15 is 0 Å². The first-order chi connectivity index (χ1) is 10.1. The third kappa shape index (κ3) is 5.27. The molecule has 1 aromatic rings. The summed E-state index contributed by atoms with van der Waals surface area (Å²) in [5.41, 5.74) is -1.44. The zero-order valence-corrected chi connectivity index (χ0v) is 13.6. The first kappa shape index (κ1) is 17.8. The molecule has 0 aliphatic carbocycles. The molecule has 0 heterocycles. The molecule has 6 heteroatoms. The molecule has 1 amide bonds. The maximum Gasteiger partial charge on any atom is 0.408 e. The van der Waals surface area contributed by atoms with Crippen molar-refractivity contribution in [2.75, 3.05) is 7.11 Å². The van der Waals surface area contributed by atoms with Crippen LogP contribution in [-0.2, 0) is 16.0 Å². The van der Waals surface area contributed by atoms with Gasteiger partial charge in [-0.05, 0) is 45.4 Å². The van der Waals surface area contributed by atoms with Crippen LogP contribution in [0.2, 0.25) is 0 Å². The van der Waals surface area contributed by atoms with Crippen molar-refractivity contribution >= 4 is 12.1 Å². The van der Waals surface area contributed by atoms with Gasteiger partial charge >= 0.3 is 12.1 Å². The van der Waals surface area contributed by atoms with E-state index in [0.29, 0.717) is 5.75 Å². The second-order valence-electron chi connectivity index (χ2n) is 6.29. The number of rotatable bonds is 5. The van der Waals surface area contributed by atoms with Crippen molar-refractivity contribution in [1.82, 2.24) is 5.32 Å². The molecular formula is C16H23NO5. The fourth-order valence-electron chi connectivity index (χ4n) is 1.89. The first-order valence-electron chi connectivity index (χ1n) is 6.93. The summed E-state index contributed by atoms with van der Waals surface area (Å²) in [6, 6.07) is 7.05. The van der Waals surface area contributed by atoms with Gasteiger partial charge in [-0.15, -0.1) is 0 Å². The Bertz CT molecular complexity index is 550. The summed E-state index contributed by atoms with van der Waals surface area (Å²) in [5.74, 6) is -0.510. The molecule has 0 aliphatic heterocycles. The molecular weight excluding hydrogens is 286 g/mol. The summed E-state index contributed by atoms with van der Waals surface area (Å²) in [6.07, 6.45) is -0.654. The molecule has 0 aromatic heterocycles. The summed E-state index contributed by atoms with van der Waals surface area (Å²) < 4.78 is 10.2. The fraction of sp³-hybridized carbons (Fsp3) is 0.500. The molecule has 22 heavy (non-hydrogen) atoms. The van der Waals surface area contributed by atoms with Crippen molar-refractivity contribution in [2.45, 2.75) is 45.3 Å². The number of hydrogen-bond acceptors (Lipinski definition) is 4. The highest BCUT2D eigenvalue weighted by Gasteiger charge is 2.36. The Labute approximate surface area is 130 Å². The normalized spacial score (nSPS) is 13.9. The van der Waals surface area contributed by atoms with Gasteiger partial charge in [0.05, 0.1) is 7.11 Å². The average Bonchev–Trinajstić information content (AvgIpc) is 2.36. The predicted molar refractivity (Wildman–Crippen MR) is 82.1 cm³/mol. The number of alkyl carbamates (subject to hydrolysis) is 1. The van der Waals surface area contributed by atoms with Gasteiger partial charge in [0.15, 0.2) is 0 Å². The molecule has 0 radical (unpaired) electrons. The highest BCUT2D eigenvalue weighted by atomic mass is 16.6. The van der Waals surface area contributed by atoms with E-state index in [2.05, 4.69) is 5.32 Å². The van der Waals surface area contributed by atoms with Crippen LogP contribution < -0.4 is 10.1 Å². The van der Waals surface area contributed by atoms with E-state index in [4.69, 9.17) is 9.47 Å². The van der Waals surface area contributed by atoms with Crippen molar-refractivity contribution in [3.63, 3.8) is 0 Å². The quantitative estimate of drug-likeness (QED) is 0.873. The van der Waals surface area contributed by atoms with Gasteiger partial charge in [0.25, 0.3) is 0 Å². The van der Waals surface area contributed by atoms with Crippen LogP contribution in [0.15, 0.2) is 24.3 Å². The molecule has 1 atom stereocenters. The molecule has 2 N–H and O–H groups in total. The van der Waals surface area contributed by atoms with Crippen molar-refractivity contribution in [1.29, 1.82) is 0 Å². The molecule has 6 nitrogen and oxygen atoms in total. The largest absolute Gasteiger partial charge is 0.497 e. The Balaban J connectivity index is 2.91. The number of aliphatic carboxylic acids is 1. The SMILES string of the molecule is COc1cccc(CC(C)(NC(=O)OC(C)(C)C)C(=O)O)c1. The molecule has 0 saturated carbocycles. The van der Waals surface area contributed by atoms with Crippen molar-refractivity contribution in [3.8, 4) is 5.75 Å². The molecule has 0 aliphatic rings. The van der Waals surface area contributed by atoms with Gasteiger partial charge in [0, 0.05) is 6.42 Å². The standard InChI is InChI=1S/C16H23NO5/c1-15(2,3)22-14(20)17-16(4,13(18)19)10-11-7-6-8-12(9-11)21-5/h6-9H,10H2,1-5H3,(H,17,20)(H,18,19). The lowest BCUT2D eigenvalue weighted by molar-refractivity contribution is -0.144. The molecule has 1 rings (SSSR count). The number of carboxylic acids is 1. The highest BCUT2D eigenvalue weighted by molar-refractivity contribution is 5.84. The lowest BCUT2D eigenvalue weighted by atomic mass is 9.93. The van der Waals surface area contributed by atoms with Crippen molar-refractivity contribution < 1.29 is 24.2 Å². The van der Waals surface area contributed by atoms with E-state index in [1.54, 1.807) is 45.0 Å². The van der Waals surface area contributed by atoms with Crippen LogP contribution in [0.3, 0.4) is 0 Å². The van der Waals surface area contributed by atoms with Gasteiger partial charge in [-0.25, -0.2) is 9.59 Å². The average molecular weight is 309 g/mol. The predicted octanol–water partition coefficient (Wildman–Crippen LogP) is 2.61. The molecule has 0 bridgehead atoms. The summed E-state index contributed by atoms with van der Waals surface area (Å²) in [6.45, 7) is 6.59. The van der Waals surface area contributed by atoms with Crippen molar-refractivity contribution in [3.05, 3.63) is 29.8 Å². The third-order valence-electron chi connectivity index (χ3n) is 2.94. The number of carboxylic acid groups (broad SMARTS) is 1. The van der Waals surface area contributed by atoms with Gasteiger partial charge in [-0.1, -0.05) is 12.1 Å². The van der Waals surface area contributed by atoms with E-state index in [-0.39, 0.29) is 6.42 Å². The van der Waals surface area contributed by atoms with Gasteiger partial charge in [-0.3, -0.25) is 0 Å². The number of ether oxygens (including phenoxy) is 2. The summed E-state index contributed by atoms with van der Waals surface area (Å²) in [5, 5.41) is 11.9. The topological polar surface area (TPSA) is 84.9 Å². The second-order valence-corrected chi connectivity index (χ2v) is 6.29. The zero-order valence-electron chi connectivity index (χ0n) is 13.6. The summed E-state index contributed by atoms with van der Waals surface area (Å²) in [4.78, 5) is 23.5. The zero-order chi connectivity index (χ0) is 17.0. The Morgan fingerprint density at radius 2 is 1.86 bits per heavy atom. The Morgan fingerprint density at radius 1 is 1.23 bits per heavy atom. The van der Waals surface area contributed by atoms with Crippen molar-refractivity contribution in [2.24, 2.45) is 0 Å². The number of hydrogen-bond donors (Lipinski definition) is 2. The van der Waals surface area contributed by atoms with E-state index < -0.39 is 23.2 Å². The summed E-state index contributed by atoms with van der Waals surface area (Å²) >= 11 is 0. The van der Waals surface area contributed by atoms with Gasteiger partial charge < -0.3 is 19.9 Å². The van der Waals surface area contributed by atoms with Gasteiger partial charge in [0.1, 0.15) is 16.9 Å². The number of amides is 1. The van der Waals surface area contributed by atoms with Crippen LogP contribution >= 0.6 is 0 Å². The van der Waals surface area contributed by atoms with Crippen LogP contribution in [0.4, 0.5) is 4.79 Å². The monoisotopic (exact) mass is 309 g/mol. The molecule has 0 fully saturated rings. The van der Waals surface area contributed by atoms with Crippen LogP contribution in [0.25, 0.3) is 0 Å². The lowest BCUT2D eigenvalue weighted by Gasteiger charge is -2.28. The molecule has 0 saturated heterocycles. The Hall–Kier alpha value is -2.24. The second kappa shape index (κ2) is 6.68. The van der Waals surface area contributed by atoms with Crippen LogP contribution in [0, 0.1) is 0 Å². The number of carbonyl (C=O) groups is 2. The molecule has 122 valence electrons. The fourth-order valence-corrected chi connectivity index (χ4v) is 1.89. The highest BCUT2D eigenvalue weighted by Crippen LogP contribution is 2.19. The maximum absolute atomic E-state index is 11.9. The van der Waals surface area contributed by atoms with Gasteiger partial charge in [0.2, 0.25) is 0 Å². The number of nitrogens with one attached hydrogen (secondary N) is 1. The van der Waals surface area contributed by atoms with E-state index in [1.165, 1.54) is 14.0 Å². The molecule has 1 aromatic carbocycles. The summed E-state index contributed by atoms with van der Waals surface area (Å²) in [7, 11) is 1.54. The molecule has 1 unspecified atom stereocenters. The Morgan fingerprint density at radius 3 is 2.36 bits per heavy atom. The van der Waals surface area contributed by atoms with E-state index in [0.717, 1.165) is 5.56 Å². The minimum absolute atomic E-state index is 0.110. The van der Waals surface area contributed by atoms with Crippen LogP contribution in [0.5, 0.6) is 5.75 Å². The number of methoxy groups -OCH3 is 1. The van der Waals surface area contributed by atoms with Crippen LogP contribution in [-0.4, -0.2) is 35.4 Å². The number of carbonyl (C=O) groups excluding carboxylic acids is 1. The van der Waals surface area contributed by atoms with Gasteiger partial charge in [-0.2, -0.15) is 0 Å². The minimum Gasteiger partial charge on any atom is -0.497 e. The van der Waals surface area contributed by atoms with E-state index in [1.807, 2.05) is 0 Å². The number of benzene rings is 1. The Kier molecular flexibility index (Phi) is 5.41. The first-order valence-corrected chi connectivity index (χ1v) is 6.93. The van der Waals surface area contributed by atoms with E-state index in [9.17, 15) is 14.7 Å². The lowest BCUT2D eigenvalue weighted by Crippen LogP contribution is -2.54.